The lowest BCUT2D eigenvalue weighted by molar-refractivity contribution is -0.131. The third-order valence-electron chi connectivity index (χ3n) is 4.35. The van der Waals surface area contributed by atoms with Gasteiger partial charge in [0.05, 0.1) is 25.0 Å². The van der Waals surface area contributed by atoms with E-state index in [4.69, 9.17) is 13.9 Å². The smallest absolute Gasteiger partial charge is 0.192 e. The first-order valence-corrected chi connectivity index (χ1v) is 11.3. The van der Waals surface area contributed by atoms with Gasteiger partial charge in [0.15, 0.2) is 14.6 Å². The van der Waals surface area contributed by atoms with Crippen molar-refractivity contribution in [2.45, 2.75) is 71.6 Å². The van der Waals surface area contributed by atoms with E-state index < -0.39 is 8.32 Å². The molecule has 6 heteroatoms. The van der Waals surface area contributed by atoms with E-state index in [1.807, 2.05) is 13.8 Å². The van der Waals surface area contributed by atoms with Crippen LogP contribution in [0.3, 0.4) is 0 Å². The van der Waals surface area contributed by atoms with Crippen molar-refractivity contribution >= 4 is 14.2 Å². The molecule has 1 aliphatic heterocycles. The van der Waals surface area contributed by atoms with Gasteiger partial charge in [0.2, 0.25) is 0 Å². The van der Waals surface area contributed by atoms with Crippen molar-refractivity contribution in [3.05, 3.63) is 0 Å². The minimum absolute atomic E-state index is 0.209. The van der Waals surface area contributed by atoms with Crippen LogP contribution in [-0.4, -0.2) is 52.9 Å². The summed E-state index contributed by atoms with van der Waals surface area (Å²) < 4.78 is 17.5. The van der Waals surface area contributed by atoms with E-state index in [1.165, 1.54) is 0 Å². The number of hydrogen-bond acceptors (Lipinski definition) is 5. The molecule has 0 aromatic rings. The normalized spacial score (nSPS) is 19.6. The molecule has 1 atom stereocenters. The monoisotopic (exact) mass is 330 g/mol. The molecular formula is C16H34N2O3Si. The molecule has 0 bridgehead atoms. The van der Waals surface area contributed by atoms with Gasteiger partial charge in [-0.2, -0.15) is 0 Å². The molecule has 0 saturated heterocycles. The average Bonchev–Trinajstić information content (AvgIpc) is 2.82. The molecule has 1 rings (SSSR count). The van der Waals surface area contributed by atoms with Crippen LogP contribution in [0, 0.1) is 0 Å². The van der Waals surface area contributed by atoms with E-state index in [0.29, 0.717) is 19.8 Å². The lowest BCUT2D eigenvalue weighted by Crippen LogP contribution is -2.44. The Morgan fingerprint density at radius 2 is 1.82 bits per heavy atom. The fraction of sp³-hybridized carbons (Fsp3) is 0.938. The van der Waals surface area contributed by atoms with Crippen LogP contribution in [0.25, 0.3) is 0 Å². The molecule has 130 valence electrons. The Labute approximate surface area is 136 Å². The second-order valence-corrected chi connectivity index (χ2v) is 12.0. The van der Waals surface area contributed by atoms with Crippen LogP contribution in [0.4, 0.5) is 0 Å². The van der Waals surface area contributed by atoms with Gasteiger partial charge in [-0.05, 0) is 32.0 Å². The fourth-order valence-corrected chi connectivity index (χ4v) is 3.44. The molecule has 0 fully saturated rings. The molecule has 0 aromatic carbocycles. The van der Waals surface area contributed by atoms with Gasteiger partial charge in [0, 0.05) is 19.6 Å². The Morgan fingerprint density at radius 3 is 2.32 bits per heavy atom. The Kier molecular flexibility index (Phi) is 7.51. The summed E-state index contributed by atoms with van der Waals surface area (Å²) in [5.74, 6) is 1.01. The fourth-order valence-electron chi connectivity index (χ4n) is 2.10. The summed E-state index contributed by atoms with van der Waals surface area (Å²) in [6.07, 6.45) is 0.858. The van der Waals surface area contributed by atoms with Crippen molar-refractivity contribution < 1.29 is 13.9 Å². The molecule has 0 spiro atoms. The second kappa shape index (κ2) is 8.43. The van der Waals surface area contributed by atoms with E-state index in [9.17, 15) is 0 Å². The largest absolute Gasteiger partial charge is 0.412 e. The number of nitrogens with zero attached hydrogens (tertiary/aromatic N) is 1. The SMILES string of the molecule is CCOC(CNC1=NCC(O[Si](C)(C)C(C)(C)C)C1)OCC. The molecule has 22 heavy (non-hydrogen) atoms. The maximum atomic E-state index is 6.42. The molecule has 1 heterocycles. The van der Waals surface area contributed by atoms with Crippen molar-refractivity contribution in [3.8, 4) is 0 Å². The summed E-state index contributed by atoms with van der Waals surface area (Å²) in [5, 5.41) is 3.58. The summed E-state index contributed by atoms with van der Waals surface area (Å²) in [6.45, 7) is 18.0. The predicted octanol–water partition coefficient (Wildman–Crippen LogP) is 3.17. The Hall–Kier alpha value is -0.433. The van der Waals surface area contributed by atoms with E-state index in [1.54, 1.807) is 0 Å². The number of aliphatic imine (C=N–C) groups is 1. The van der Waals surface area contributed by atoms with Gasteiger partial charge in [-0.25, -0.2) is 0 Å². The van der Waals surface area contributed by atoms with Gasteiger partial charge >= 0.3 is 0 Å². The quantitative estimate of drug-likeness (QED) is 0.548. The Bertz CT molecular complexity index is 361. The van der Waals surface area contributed by atoms with Gasteiger partial charge in [0.1, 0.15) is 0 Å². The molecule has 1 aliphatic rings. The average molecular weight is 331 g/mol. The second-order valence-electron chi connectivity index (χ2n) is 7.21. The van der Waals surface area contributed by atoms with E-state index in [0.717, 1.165) is 18.8 Å². The third kappa shape index (κ3) is 5.99. The first-order valence-electron chi connectivity index (χ1n) is 8.37. The predicted molar refractivity (Wildman–Crippen MR) is 94.0 cm³/mol. The van der Waals surface area contributed by atoms with Gasteiger partial charge in [-0.1, -0.05) is 20.8 Å². The van der Waals surface area contributed by atoms with Crippen LogP contribution in [0.15, 0.2) is 4.99 Å². The third-order valence-corrected chi connectivity index (χ3v) is 8.89. The Balaban J connectivity index is 2.39. The zero-order valence-electron chi connectivity index (χ0n) is 15.4. The first-order chi connectivity index (χ1) is 10.2. The van der Waals surface area contributed by atoms with E-state index in [2.05, 4.69) is 44.2 Å². The summed E-state index contributed by atoms with van der Waals surface area (Å²) >= 11 is 0. The molecule has 0 saturated carbocycles. The zero-order chi connectivity index (χ0) is 16.8. The highest BCUT2D eigenvalue weighted by Crippen LogP contribution is 2.38. The summed E-state index contributed by atoms with van der Waals surface area (Å²) in [7, 11) is -1.72. The number of amidine groups is 1. The molecule has 5 nitrogen and oxygen atoms in total. The van der Waals surface area contributed by atoms with Crippen molar-refractivity contribution in [3.63, 3.8) is 0 Å². The van der Waals surface area contributed by atoms with Crippen molar-refractivity contribution in [1.82, 2.24) is 5.32 Å². The summed E-state index contributed by atoms with van der Waals surface area (Å²) in [5.41, 5.74) is 0. The Morgan fingerprint density at radius 1 is 1.23 bits per heavy atom. The number of rotatable bonds is 8. The van der Waals surface area contributed by atoms with E-state index in [-0.39, 0.29) is 17.4 Å². The molecule has 0 aromatic heterocycles. The number of nitrogens with one attached hydrogen (secondary N) is 1. The van der Waals surface area contributed by atoms with E-state index >= 15 is 0 Å². The van der Waals surface area contributed by atoms with Crippen LogP contribution < -0.4 is 5.32 Å². The maximum Gasteiger partial charge on any atom is 0.192 e. The topological polar surface area (TPSA) is 52.1 Å². The standard InChI is InChI=1S/C16H34N2O3Si/c1-8-19-15(20-9-2)12-18-14-10-13(11-17-14)21-22(6,7)16(3,4)5/h13,15H,8-12H2,1-7H3,(H,17,18). The minimum atomic E-state index is -1.72. The van der Waals surface area contributed by atoms with Gasteiger partial charge < -0.3 is 19.2 Å². The van der Waals surface area contributed by atoms with Gasteiger partial charge in [0.25, 0.3) is 0 Å². The van der Waals surface area contributed by atoms with Crippen LogP contribution in [0.5, 0.6) is 0 Å². The molecular weight excluding hydrogens is 296 g/mol. The highest BCUT2D eigenvalue weighted by Gasteiger charge is 2.40. The molecule has 0 aliphatic carbocycles. The van der Waals surface area contributed by atoms with Crippen LogP contribution >= 0.6 is 0 Å². The van der Waals surface area contributed by atoms with Gasteiger partial charge in [-0.3, -0.25) is 4.99 Å². The maximum absolute atomic E-state index is 6.42. The molecule has 0 radical (unpaired) electrons. The number of ether oxygens (including phenoxy) is 2. The summed E-state index contributed by atoms with van der Waals surface area (Å²) in [6, 6.07) is 0. The number of hydrogen-bond donors (Lipinski definition) is 1. The van der Waals surface area contributed by atoms with Crippen LogP contribution in [0.1, 0.15) is 41.0 Å². The van der Waals surface area contributed by atoms with Crippen molar-refractivity contribution in [1.29, 1.82) is 0 Å². The highest BCUT2D eigenvalue weighted by molar-refractivity contribution is 6.74. The lowest BCUT2D eigenvalue weighted by atomic mass is 10.2. The molecule has 0 amide bonds. The van der Waals surface area contributed by atoms with Crippen LogP contribution in [-0.2, 0) is 13.9 Å². The first kappa shape index (κ1) is 19.6. The zero-order valence-corrected chi connectivity index (χ0v) is 16.4. The molecule has 1 unspecified atom stereocenters. The van der Waals surface area contributed by atoms with Crippen LogP contribution in [0.2, 0.25) is 18.1 Å². The molecule has 1 N–H and O–H groups in total. The van der Waals surface area contributed by atoms with Crippen molar-refractivity contribution in [2.75, 3.05) is 26.3 Å². The lowest BCUT2D eigenvalue weighted by Gasteiger charge is -2.38. The van der Waals surface area contributed by atoms with Crippen molar-refractivity contribution in [2.24, 2.45) is 4.99 Å². The highest BCUT2D eigenvalue weighted by atomic mass is 28.4. The van der Waals surface area contributed by atoms with Gasteiger partial charge in [-0.15, -0.1) is 0 Å². The summed E-state index contributed by atoms with van der Waals surface area (Å²) in [4.78, 5) is 4.57. The minimum Gasteiger partial charge on any atom is -0.412 e.